The van der Waals surface area contributed by atoms with Crippen LogP contribution in [0.5, 0.6) is 0 Å². The zero-order chi connectivity index (χ0) is 16.4. The molecule has 1 atom stereocenters. The van der Waals surface area contributed by atoms with Crippen LogP contribution >= 0.6 is 0 Å². The van der Waals surface area contributed by atoms with Crippen molar-refractivity contribution in [1.82, 2.24) is 24.4 Å². The van der Waals surface area contributed by atoms with Crippen LogP contribution in [0.4, 0.5) is 0 Å². The summed E-state index contributed by atoms with van der Waals surface area (Å²) in [6, 6.07) is 2.16. The lowest BCUT2D eigenvalue weighted by molar-refractivity contribution is 0.0829. The van der Waals surface area contributed by atoms with Gasteiger partial charge in [-0.25, -0.2) is 9.50 Å². The van der Waals surface area contributed by atoms with Crippen molar-refractivity contribution in [3.63, 3.8) is 0 Å². The van der Waals surface area contributed by atoms with Gasteiger partial charge in [0.05, 0.1) is 24.5 Å². The number of likely N-dealkylation sites (tertiary alicyclic amines) is 1. The molecule has 1 fully saturated rings. The van der Waals surface area contributed by atoms with Crippen molar-refractivity contribution in [1.29, 1.82) is 0 Å². The summed E-state index contributed by atoms with van der Waals surface area (Å²) < 4.78 is 1.77. The van der Waals surface area contributed by atoms with Crippen LogP contribution in [0.3, 0.4) is 0 Å². The van der Waals surface area contributed by atoms with E-state index in [1.807, 2.05) is 6.07 Å². The molecule has 0 aliphatic carbocycles. The average molecular weight is 317 g/mol. The molecule has 1 saturated heterocycles. The number of aliphatic hydroxyl groups is 1. The van der Waals surface area contributed by atoms with E-state index in [2.05, 4.69) is 15.0 Å². The van der Waals surface area contributed by atoms with Crippen LogP contribution in [0.25, 0.3) is 5.65 Å². The maximum atomic E-state index is 12.3. The quantitative estimate of drug-likeness (QED) is 0.909. The lowest BCUT2D eigenvalue weighted by Crippen LogP contribution is -2.36. The molecule has 0 bridgehead atoms. The molecule has 0 radical (unpaired) electrons. The Balaban J connectivity index is 2.03. The number of amides is 1. The van der Waals surface area contributed by atoms with Crippen LogP contribution in [0, 0.1) is 0 Å². The van der Waals surface area contributed by atoms with Gasteiger partial charge in [-0.05, 0) is 25.5 Å². The molecule has 1 N–H and O–H groups in total. The van der Waals surface area contributed by atoms with Gasteiger partial charge in [-0.2, -0.15) is 5.10 Å². The van der Waals surface area contributed by atoms with Crippen molar-refractivity contribution < 1.29 is 9.90 Å². The fourth-order valence-electron chi connectivity index (χ4n) is 3.28. The van der Waals surface area contributed by atoms with Crippen LogP contribution in [-0.4, -0.2) is 69.2 Å². The summed E-state index contributed by atoms with van der Waals surface area (Å²) in [7, 11) is 3.44. The van der Waals surface area contributed by atoms with Crippen molar-refractivity contribution in [3.05, 3.63) is 29.7 Å². The second-order valence-electron chi connectivity index (χ2n) is 6.13. The number of β-amino-alcohol motifs (C(OH)–C–C–N with tert-alkyl or cyclic N) is 1. The molecule has 1 aliphatic heterocycles. The second kappa shape index (κ2) is 6.64. The van der Waals surface area contributed by atoms with E-state index in [-0.39, 0.29) is 18.6 Å². The summed E-state index contributed by atoms with van der Waals surface area (Å²) >= 11 is 0. The molecule has 1 amide bonds. The molecular formula is C16H23N5O2. The molecule has 0 aromatic carbocycles. The third-order valence-corrected chi connectivity index (χ3v) is 4.41. The highest BCUT2D eigenvalue weighted by Gasteiger charge is 2.27. The van der Waals surface area contributed by atoms with E-state index >= 15 is 0 Å². The summed E-state index contributed by atoms with van der Waals surface area (Å²) in [5.41, 5.74) is 2.14. The van der Waals surface area contributed by atoms with Gasteiger partial charge in [0.1, 0.15) is 5.56 Å². The van der Waals surface area contributed by atoms with E-state index < -0.39 is 0 Å². The number of piperidine rings is 1. The molecule has 1 unspecified atom stereocenters. The van der Waals surface area contributed by atoms with Crippen LogP contribution in [0.15, 0.2) is 18.5 Å². The van der Waals surface area contributed by atoms with Gasteiger partial charge in [0.2, 0.25) is 0 Å². The third kappa shape index (κ3) is 2.94. The molecule has 2 aromatic heterocycles. The van der Waals surface area contributed by atoms with Gasteiger partial charge in [-0.3, -0.25) is 9.69 Å². The summed E-state index contributed by atoms with van der Waals surface area (Å²) in [6.45, 7) is 1.77. The van der Waals surface area contributed by atoms with Crippen molar-refractivity contribution in [2.45, 2.75) is 25.3 Å². The highest BCUT2D eigenvalue weighted by molar-refractivity contribution is 5.99. The molecule has 1 aliphatic rings. The monoisotopic (exact) mass is 317 g/mol. The Morgan fingerprint density at radius 3 is 3.00 bits per heavy atom. The first-order chi connectivity index (χ1) is 11.1. The molecule has 7 nitrogen and oxygen atoms in total. The van der Waals surface area contributed by atoms with E-state index in [0.717, 1.165) is 31.5 Å². The highest BCUT2D eigenvalue weighted by Crippen LogP contribution is 2.30. The van der Waals surface area contributed by atoms with Crippen LogP contribution < -0.4 is 0 Å². The number of rotatable bonds is 4. The van der Waals surface area contributed by atoms with Gasteiger partial charge < -0.3 is 10.0 Å². The summed E-state index contributed by atoms with van der Waals surface area (Å²) in [4.78, 5) is 20.4. The lowest BCUT2D eigenvalue weighted by atomic mass is 9.99. The SMILES string of the molecule is CN(C)C(=O)c1cnn2c(C3CCCCN3CCO)ccnc12. The Hall–Kier alpha value is -1.99. The molecule has 3 rings (SSSR count). The van der Waals surface area contributed by atoms with Crippen molar-refractivity contribution in [2.24, 2.45) is 0 Å². The van der Waals surface area contributed by atoms with Crippen molar-refractivity contribution >= 4 is 11.6 Å². The first kappa shape index (κ1) is 15.9. The van der Waals surface area contributed by atoms with E-state index in [4.69, 9.17) is 0 Å². The second-order valence-corrected chi connectivity index (χ2v) is 6.13. The molecule has 0 spiro atoms. The van der Waals surface area contributed by atoms with Crippen molar-refractivity contribution in [3.8, 4) is 0 Å². The van der Waals surface area contributed by atoms with Gasteiger partial charge >= 0.3 is 0 Å². The molecule has 2 aromatic rings. The van der Waals surface area contributed by atoms with Gasteiger partial charge in [0.25, 0.3) is 5.91 Å². The fourth-order valence-corrected chi connectivity index (χ4v) is 3.28. The van der Waals surface area contributed by atoms with E-state index in [9.17, 15) is 9.90 Å². The number of carbonyl (C=O) groups excluding carboxylic acids is 1. The van der Waals surface area contributed by atoms with Crippen molar-refractivity contribution in [2.75, 3.05) is 33.8 Å². The Morgan fingerprint density at radius 2 is 2.26 bits per heavy atom. The molecule has 23 heavy (non-hydrogen) atoms. The maximum absolute atomic E-state index is 12.3. The number of hydrogen-bond acceptors (Lipinski definition) is 5. The van der Waals surface area contributed by atoms with E-state index in [0.29, 0.717) is 17.8 Å². The molecular weight excluding hydrogens is 294 g/mol. The Kier molecular flexibility index (Phi) is 4.58. The van der Waals surface area contributed by atoms with E-state index in [1.165, 1.54) is 4.90 Å². The topological polar surface area (TPSA) is 74.0 Å². The molecule has 3 heterocycles. The standard InChI is InChI=1S/C16H23N5O2/c1-19(2)16(23)12-11-18-21-14(6-7-17-15(12)21)13-5-3-4-8-20(13)9-10-22/h6-7,11,13,22H,3-5,8-10H2,1-2H3. The van der Waals surface area contributed by atoms with Gasteiger partial charge in [-0.15, -0.1) is 0 Å². The zero-order valence-electron chi connectivity index (χ0n) is 13.6. The van der Waals surface area contributed by atoms with Gasteiger partial charge in [0, 0.05) is 26.8 Å². The minimum Gasteiger partial charge on any atom is -0.395 e. The lowest BCUT2D eigenvalue weighted by Gasteiger charge is -2.35. The fraction of sp³-hybridized carbons (Fsp3) is 0.562. The van der Waals surface area contributed by atoms with Crippen LogP contribution in [0.1, 0.15) is 41.4 Å². The van der Waals surface area contributed by atoms with Gasteiger partial charge in [0.15, 0.2) is 5.65 Å². The Bertz CT molecular complexity index is 695. The van der Waals surface area contributed by atoms with E-state index in [1.54, 1.807) is 31.0 Å². The minimum absolute atomic E-state index is 0.0968. The van der Waals surface area contributed by atoms with Crippen LogP contribution in [-0.2, 0) is 0 Å². The summed E-state index contributed by atoms with van der Waals surface area (Å²) in [5, 5.41) is 13.7. The molecule has 124 valence electrons. The predicted molar refractivity (Wildman–Crippen MR) is 86.3 cm³/mol. The smallest absolute Gasteiger partial charge is 0.258 e. The van der Waals surface area contributed by atoms with Crippen LogP contribution in [0.2, 0.25) is 0 Å². The first-order valence-corrected chi connectivity index (χ1v) is 8.02. The number of hydrogen-bond donors (Lipinski definition) is 1. The third-order valence-electron chi connectivity index (χ3n) is 4.41. The largest absolute Gasteiger partial charge is 0.395 e. The summed E-state index contributed by atoms with van der Waals surface area (Å²) in [6.07, 6.45) is 6.66. The molecule has 0 saturated carbocycles. The Labute approximate surface area is 135 Å². The number of nitrogens with zero attached hydrogens (tertiary/aromatic N) is 5. The summed E-state index contributed by atoms with van der Waals surface area (Å²) in [5.74, 6) is -0.0968. The number of aromatic nitrogens is 3. The normalized spacial score (nSPS) is 19.2. The van der Waals surface area contributed by atoms with Gasteiger partial charge in [-0.1, -0.05) is 6.42 Å². The minimum atomic E-state index is -0.0968. The first-order valence-electron chi connectivity index (χ1n) is 8.02. The maximum Gasteiger partial charge on any atom is 0.258 e. The Morgan fingerprint density at radius 1 is 1.43 bits per heavy atom. The zero-order valence-corrected chi connectivity index (χ0v) is 13.6. The number of aliphatic hydroxyl groups excluding tert-OH is 1. The average Bonchev–Trinajstić information content (AvgIpc) is 2.99. The molecule has 7 heteroatoms. The highest BCUT2D eigenvalue weighted by atomic mass is 16.3. The predicted octanol–water partition coefficient (Wildman–Crippen LogP) is 0.950. The number of carbonyl (C=O) groups is 1. The number of fused-ring (bicyclic) bond motifs is 1.